The predicted molar refractivity (Wildman–Crippen MR) is 75.5 cm³/mol. The lowest BCUT2D eigenvalue weighted by Gasteiger charge is -1.93. The summed E-state index contributed by atoms with van der Waals surface area (Å²) in [7, 11) is 0. The Morgan fingerprint density at radius 3 is 2.56 bits per heavy atom. The van der Waals surface area contributed by atoms with Crippen LogP contribution in [0.1, 0.15) is 4.88 Å². The average Bonchev–Trinajstić information content (AvgIpc) is 2.98. The molecular weight excluding hydrogens is 312 g/mol. The van der Waals surface area contributed by atoms with Crippen molar-refractivity contribution in [3.63, 3.8) is 0 Å². The normalized spacial score (nSPS) is 10.8. The van der Waals surface area contributed by atoms with Crippen molar-refractivity contribution in [2.24, 2.45) is 0 Å². The lowest BCUT2D eigenvalue weighted by Crippen LogP contribution is -1.77. The number of nitrogens with zero attached hydrogens (tertiary/aromatic N) is 2. The summed E-state index contributed by atoms with van der Waals surface area (Å²) in [6.07, 6.45) is 0. The van der Waals surface area contributed by atoms with Gasteiger partial charge in [0.15, 0.2) is 0 Å². The van der Waals surface area contributed by atoms with Crippen LogP contribution in [0.3, 0.4) is 0 Å². The highest BCUT2D eigenvalue weighted by atomic mass is 79.9. The van der Waals surface area contributed by atoms with Gasteiger partial charge in [0, 0.05) is 14.9 Å². The van der Waals surface area contributed by atoms with Gasteiger partial charge in [-0.25, -0.2) is 0 Å². The summed E-state index contributed by atoms with van der Waals surface area (Å²) in [6.45, 7) is 2.06. The van der Waals surface area contributed by atoms with E-state index >= 15 is 0 Å². The Labute approximate surface area is 117 Å². The van der Waals surface area contributed by atoms with E-state index in [-0.39, 0.29) is 0 Å². The molecule has 0 unspecified atom stereocenters. The molecule has 90 valence electrons. The van der Waals surface area contributed by atoms with Crippen molar-refractivity contribution in [3.05, 3.63) is 45.7 Å². The van der Waals surface area contributed by atoms with Crippen LogP contribution in [0.5, 0.6) is 0 Å². The second-order valence-electron chi connectivity index (χ2n) is 3.84. The van der Waals surface area contributed by atoms with Crippen LogP contribution in [-0.4, -0.2) is 10.1 Å². The van der Waals surface area contributed by atoms with E-state index in [1.165, 1.54) is 4.88 Å². The molecule has 0 spiro atoms. The highest BCUT2D eigenvalue weighted by Gasteiger charge is 2.11. The van der Waals surface area contributed by atoms with Crippen molar-refractivity contribution in [3.8, 4) is 22.2 Å². The molecule has 3 nitrogen and oxygen atoms in total. The summed E-state index contributed by atoms with van der Waals surface area (Å²) >= 11 is 5.06. The highest BCUT2D eigenvalue weighted by molar-refractivity contribution is 9.10. The Hall–Kier alpha value is -1.46. The average molecular weight is 321 g/mol. The third kappa shape index (κ3) is 2.23. The molecule has 0 atom stereocenters. The minimum atomic E-state index is 0.545. The quantitative estimate of drug-likeness (QED) is 0.696. The smallest absolute Gasteiger partial charge is 0.258 e. The Morgan fingerprint density at radius 2 is 1.89 bits per heavy atom. The number of benzene rings is 1. The third-order valence-corrected chi connectivity index (χ3v) is 4.00. The van der Waals surface area contributed by atoms with E-state index in [1.54, 1.807) is 11.3 Å². The first-order chi connectivity index (χ1) is 8.72. The van der Waals surface area contributed by atoms with Gasteiger partial charge in [0.25, 0.3) is 5.89 Å². The molecule has 0 saturated carbocycles. The maximum atomic E-state index is 5.28. The van der Waals surface area contributed by atoms with Crippen molar-refractivity contribution in [1.82, 2.24) is 10.1 Å². The van der Waals surface area contributed by atoms with Gasteiger partial charge in [-0.15, -0.1) is 11.3 Å². The minimum absolute atomic E-state index is 0.545. The molecule has 0 aliphatic heterocycles. The fourth-order valence-corrected chi connectivity index (χ4v) is 2.65. The van der Waals surface area contributed by atoms with E-state index in [0.717, 1.165) is 14.9 Å². The summed E-state index contributed by atoms with van der Waals surface area (Å²) in [5.41, 5.74) is 0.922. The fraction of sp³-hybridized carbons (Fsp3) is 0.0769. The molecule has 2 aromatic heterocycles. The van der Waals surface area contributed by atoms with Gasteiger partial charge in [-0.05, 0) is 43.3 Å². The molecule has 0 N–H and O–H groups in total. The third-order valence-electron chi connectivity index (χ3n) is 2.48. The Morgan fingerprint density at radius 1 is 1.11 bits per heavy atom. The molecule has 0 bridgehead atoms. The fourth-order valence-electron chi connectivity index (χ4n) is 1.59. The molecule has 1 aromatic carbocycles. The number of hydrogen-bond donors (Lipinski definition) is 0. The number of aryl methyl sites for hydroxylation is 1. The van der Waals surface area contributed by atoms with Crippen LogP contribution in [0.25, 0.3) is 22.2 Å². The summed E-state index contributed by atoms with van der Waals surface area (Å²) in [4.78, 5) is 6.67. The first-order valence-electron chi connectivity index (χ1n) is 5.39. The second kappa shape index (κ2) is 4.66. The van der Waals surface area contributed by atoms with E-state index < -0.39 is 0 Å². The number of hydrogen-bond acceptors (Lipinski definition) is 4. The van der Waals surface area contributed by atoms with Crippen molar-refractivity contribution in [2.75, 3.05) is 0 Å². The molecule has 0 fully saturated rings. The molecule has 0 aliphatic rings. The summed E-state index contributed by atoms with van der Waals surface area (Å²) in [6, 6.07) is 11.9. The Kier molecular flexibility index (Phi) is 3.01. The zero-order chi connectivity index (χ0) is 12.5. The van der Waals surface area contributed by atoms with E-state index in [9.17, 15) is 0 Å². The second-order valence-corrected chi connectivity index (χ2v) is 6.04. The topological polar surface area (TPSA) is 38.9 Å². The highest BCUT2D eigenvalue weighted by Crippen LogP contribution is 2.27. The van der Waals surface area contributed by atoms with Crippen LogP contribution < -0.4 is 0 Å². The molecule has 0 saturated heterocycles. The maximum absolute atomic E-state index is 5.28. The van der Waals surface area contributed by atoms with Crippen LogP contribution in [0, 0.1) is 6.92 Å². The van der Waals surface area contributed by atoms with Gasteiger partial charge in [-0.1, -0.05) is 21.1 Å². The lowest BCUT2D eigenvalue weighted by molar-refractivity contribution is 0.432. The molecular formula is C13H9BrN2OS. The van der Waals surface area contributed by atoms with Gasteiger partial charge in [0.1, 0.15) is 0 Å². The number of halogens is 1. The van der Waals surface area contributed by atoms with E-state index in [2.05, 4.69) is 39.1 Å². The van der Waals surface area contributed by atoms with Crippen molar-refractivity contribution in [1.29, 1.82) is 0 Å². The SMILES string of the molecule is Cc1ccc(-c2noc(-c3ccc(Br)cc3)n2)s1. The van der Waals surface area contributed by atoms with Crippen molar-refractivity contribution in [2.45, 2.75) is 6.92 Å². The summed E-state index contributed by atoms with van der Waals surface area (Å²) in [5.74, 6) is 1.19. The number of rotatable bonds is 2. The zero-order valence-electron chi connectivity index (χ0n) is 9.55. The van der Waals surface area contributed by atoms with E-state index in [4.69, 9.17) is 4.52 Å². The monoisotopic (exact) mass is 320 g/mol. The van der Waals surface area contributed by atoms with Gasteiger partial charge in [0.05, 0.1) is 4.88 Å². The van der Waals surface area contributed by atoms with Gasteiger partial charge in [-0.3, -0.25) is 0 Å². The number of aromatic nitrogens is 2. The summed E-state index contributed by atoms with van der Waals surface area (Å²) in [5, 5.41) is 4.01. The molecule has 0 radical (unpaired) electrons. The van der Waals surface area contributed by atoms with Crippen LogP contribution in [0.15, 0.2) is 45.4 Å². The van der Waals surface area contributed by atoms with Crippen molar-refractivity contribution >= 4 is 27.3 Å². The molecule has 0 aliphatic carbocycles. The minimum Gasteiger partial charge on any atom is -0.334 e. The number of thiophene rings is 1. The first kappa shape index (κ1) is 11.6. The van der Waals surface area contributed by atoms with Gasteiger partial charge in [0.2, 0.25) is 5.82 Å². The largest absolute Gasteiger partial charge is 0.334 e. The van der Waals surface area contributed by atoms with Gasteiger partial charge >= 0.3 is 0 Å². The molecule has 3 aromatic rings. The Bertz CT molecular complexity index is 672. The molecule has 3 rings (SSSR count). The van der Waals surface area contributed by atoms with Crippen LogP contribution in [-0.2, 0) is 0 Å². The molecule has 5 heteroatoms. The predicted octanol–water partition coefficient (Wildman–Crippen LogP) is 4.54. The van der Waals surface area contributed by atoms with E-state index in [0.29, 0.717) is 11.7 Å². The first-order valence-corrected chi connectivity index (χ1v) is 7.00. The van der Waals surface area contributed by atoms with Crippen LogP contribution >= 0.6 is 27.3 Å². The molecule has 0 amide bonds. The molecule has 2 heterocycles. The lowest BCUT2D eigenvalue weighted by atomic mass is 10.2. The Balaban J connectivity index is 1.96. The maximum Gasteiger partial charge on any atom is 0.258 e. The van der Waals surface area contributed by atoms with Crippen LogP contribution in [0.4, 0.5) is 0 Å². The van der Waals surface area contributed by atoms with Crippen molar-refractivity contribution < 1.29 is 4.52 Å². The van der Waals surface area contributed by atoms with Gasteiger partial charge < -0.3 is 4.52 Å². The van der Waals surface area contributed by atoms with E-state index in [1.807, 2.05) is 30.3 Å². The zero-order valence-corrected chi connectivity index (χ0v) is 12.0. The van der Waals surface area contributed by atoms with Gasteiger partial charge in [-0.2, -0.15) is 4.98 Å². The molecule has 18 heavy (non-hydrogen) atoms. The standard InChI is InChI=1S/C13H9BrN2OS/c1-8-2-7-11(18-8)12-15-13(17-16-12)9-3-5-10(14)6-4-9/h2-7H,1H3. The summed E-state index contributed by atoms with van der Waals surface area (Å²) < 4.78 is 6.31. The van der Waals surface area contributed by atoms with Crippen LogP contribution in [0.2, 0.25) is 0 Å².